The van der Waals surface area contributed by atoms with Gasteiger partial charge in [-0.05, 0) is 46.6 Å². The molecule has 1 heterocycles. The van der Waals surface area contributed by atoms with Crippen LogP contribution in [0.4, 0.5) is 0 Å². The molecule has 0 radical (unpaired) electrons. The predicted molar refractivity (Wildman–Crippen MR) is 81.5 cm³/mol. The summed E-state index contributed by atoms with van der Waals surface area (Å²) in [4.78, 5) is 1.10. The fourth-order valence-electron chi connectivity index (χ4n) is 1.81. The average molecular weight is 392 g/mol. The molecule has 96 valence electrons. The molecule has 18 heavy (non-hydrogen) atoms. The van der Waals surface area contributed by atoms with Crippen LogP contribution in [0.15, 0.2) is 32.5 Å². The van der Waals surface area contributed by atoms with Crippen LogP contribution < -0.4 is 4.74 Å². The van der Waals surface area contributed by atoms with Crippen LogP contribution in [0.1, 0.15) is 22.1 Å². The van der Waals surface area contributed by atoms with Crippen molar-refractivity contribution in [2.75, 3.05) is 7.11 Å². The molecule has 5 heteroatoms. The Hall–Kier alpha value is -0.360. The molecule has 2 nitrogen and oxygen atoms in total. The summed E-state index contributed by atoms with van der Waals surface area (Å²) in [7, 11) is 1.61. The number of hydrogen-bond donors (Lipinski definition) is 1. The van der Waals surface area contributed by atoms with E-state index in [1.807, 2.05) is 31.2 Å². The van der Waals surface area contributed by atoms with E-state index in [2.05, 4.69) is 31.9 Å². The SMILES string of the molecule is COc1cc(Br)ccc1C(O)c1cc(Br)sc1C. The van der Waals surface area contributed by atoms with Gasteiger partial charge in [-0.3, -0.25) is 0 Å². The largest absolute Gasteiger partial charge is 0.496 e. The number of halogens is 2. The molecule has 0 aliphatic rings. The van der Waals surface area contributed by atoms with E-state index in [0.717, 1.165) is 24.3 Å². The van der Waals surface area contributed by atoms with E-state index in [0.29, 0.717) is 5.75 Å². The number of hydrogen-bond acceptors (Lipinski definition) is 3. The Bertz CT molecular complexity index is 566. The highest BCUT2D eigenvalue weighted by molar-refractivity contribution is 9.11. The van der Waals surface area contributed by atoms with Gasteiger partial charge in [-0.1, -0.05) is 22.0 Å². The highest BCUT2D eigenvalue weighted by atomic mass is 79.9. The van der Waals surface area contributed by atoms with Gasteiger partial charge in [0.1, 0.15) is 11.9 Å². The molecule has 1 aromatic carbocycles. The van der Waals surface area contributed by atoms with Crippen molar-refractivity contribution in [1.29, 1.82) is 0 Å². The lowest BCUT2D eigenvalue weighted by Crippen LogP contribution is -2.02. The van der Waals surface area contributed by atoms with Gasteiger partial charge >= 0.3 is 0 Å². The molecule has 2 rings (SSSR count). The quantitative estimate of drug-likeness (QED) is 0.823. The van der Waals surface area contributed by atoms with Gasteiger partial charge in [-0.2, -0.15) is 0 Å². The van der Waals surface area contributed by atoms with E-state index in [9.17, 15) is 5.11 Å². The first-order valence-electron chi connectivity index (χ1n) is 5.30. The standard InChI is InChI=1S/C13H12Br2O2S/c1-7-10(6-12(15)18-7)13(16)9-4-3-8(14)5-11(9)17-2/h3-6,13,16H,1-2H3. The minimum atomic E-state index is -0.671. The number of aliphatic hydroxyl groups excluding tert-OH is 1. The van der Waals surface area contributed by atoms with Gasteiger partial charge in [0.15, 0.2) is 0 Å². The molecule has 0 spiro atoms. The Labute approximate surface area is 127 Å². The van der Waals surface area contributed by atoms with E-state index in [1.165, 1.54) is 0 Å². The molecule has 0 aliphatic carbocycles. The van der Waals surface area contributed by atoms with Crippen LogP contribution in [0, 0.1) is 6.92 Å². The molecule has 0 bridgehead atoms. The van der Waals surface area contributed by atoms with Crippen molar-refractivity contribution in [1.82, 2.24) is 0 Å². The van der Waals surface area contributed by atoms with Gasteiger partial charge in [0, 0.05) is 14.9 Å². The molecule has 2 aromatic rings. The van der Waals surface area contributed by atoms with Crippen molar-refractivity contribution in [3.05, 3.63) is 48.5 Å². The van der Waals surface area contributed by atoms with Gasteiger partial charge in [-0.15, -0.1) is 11.3 Å². The number of aliphatic hydroxyl groups is 1. The Morgan fingerprint density at radius 3 is 2.50 bits per heavy atom. The molecule has 0 fully saturated rings. The Kier molecular flexibility index (Phi) is 4.48. The molecular weight excluding hydrogens is 380 g/mol. The third-order valence-corrected chi connectivity index (χ3v) is 4.77. The lowest BCUT2D eigenvalue weighted by atomic mass is 10.0. The Balaban J connectivity index is 2.45. The zero-order valence-corrected chi connectivity index (χ0v) is 13.9. The van der Waals surface area contributed by atoms with E-state index < -0.39 is 6.10 Å². The maximum Gasteiger partial charge on any atom is 0.126 e. The molecule has 0 saturated heterocycles. The summed E-state index contributed by atoms with van der Waals surface area (Å²) < 4.78 is 7.26. The first-order valence-corrected chi connectivity index (χ1v) is 7.70. The second-order valence-electron chi connectivity index (χ2n) is 3.85. The molecule has 1 unspecified atom stereocenters. The summed E-state index contributed by atoms with van der Waals surface area (Å²) in [6.45, 7) is 2.00. The van der Waals surface area contributed by atoms with Crippen LogP contribution in [0.25, 0.3) is 0 Å². The lowest BCUT2D eigenvalue weighted by Gasteiger charge is -2.15. The second-order valence-corrected chi connectivity index (χ2v) is 7.40. The van der Waals surface area contributed by atoms with Crippen molar-refractivity contribution in [3.63, 3.8) is 0 Å². The lowest BCUT2D eigenvalue weighted by molar-refractivity contribution is 0.214. The van der Waals surface area contributed by atoms with Gasteiger partial charge < -0.3 is 9.84 Å². The minimum Gasteiger partial charge on any atom is -0.496 e. The fraction of sp³-hybridized carbons (Fsp3) is 0.231. The van der Waals surface area contributed by atoms with Crippen LogP contribution in [-0.4, -0.2) is 12.2 Å². The molecule has 1 aromatic heterocycles. The van der Waals surface area contributed by atoms with Crippen LogP contribution >= 0.6 is 43.2 Å². The van der Waals surface area contributed by atoms with Crippen LogP contribution in [0.2, 0.25) is 0 Å². The molecule has 1 atom stereocenters. The predicted octanol–water partition coefficient (Wildman–Crippen LogP) is 4.67. The van der Waals surface area contributed by atoms with Gasteiger partial charge in [0.2, 0.25) is 0 Å². The van der Waals surface area contributed by atoms with Crippen molar-refractivity contribution in [2.45, 2.75) is 13.0 Å². The van der Waals surface area contributed by atoms with Crippen molar-refractivity contribution >= 4 is 43.2 Å². The van der Waals surface area contributed by atoms with Gasteiger partial charge in [-0.25, -0.2) is 0 Å². The Morgan fingerprint density at radius 1 is 1.22 bits per heavy atom. The molecule has 0 amide bonds. The molecule has 1 N–H and O–H groups in total. The average Bonchev–Trinajstić information content (AvgIpc) is 2.67. The summed E-state index contributed by atoms with van der Waals surface area (Å²) >= 11 is 8.45. The van der Waals surface area contributed by atoms with Crippen molar-refractivity contribution in [3.8, 4) is 5.75 Å². The zero-order valence-electron chi connectivity index (χ0n) is 9.91. The van der Waals surface area contributed by atoms with Crippen LogP contribution in [-0.2, 0) is 0 Å². The Morgan fingerprint density at radius 2 is 1.94 bits per heavy atom. The first kappa shape index (κ1) is 14.1. The number of rotatable bonds is 3. The topological polar surface area (TPSA) is 29.5 Å². The summed E-state index contributed by atoms with van der Waals surface area (Å²) in [5.74, 6) is 0.679. The third kappa shape index (κ3) is 2.79. The van der Waals surface area contributed by atoms with E-state index >= 15 is 0 Å². The summed E-state index contributed by atoms with van der Waals surface area (Å²) in [6, 6.07) is 7.58. The summed E-state index contributed by atoms with van der Waals surface area (Å²) in [5.41, 5.74) is 1.68. The van der Waals surface area contributed by atoms with Crippen molar-refractivity contribution < 1.29 is 9.84 Å². The van der Waals surface area contributed by atoms with E-state index in [4.69, 9.17) is 4.74 Å². The number of ether oxygens (including phenoxy) is 1. The number of benzene rings is 1. The number of thiophene rings is 1. The molecule has 0 saturated carbocycles. The first-order chi connectivity index (χ1) is 8.52. The highest BCUT2D eigenvalue weighted by Gasteiger charge is 2.19. The smallest absolute Gasteiger partial charge is 0.126 e. The van der Waals surface area contributed by atoms with E-state index in [1.54, 1.807) is 18.4 Å². The summed E-state index contributed by atoms with van der Waals surface area (Å²) in [6.07, 6.45) is -0.671. The van der Waals surface area contributed by atoms with Crippen molar-refractivity contribution in [2.24, 2.45) is 0 Å². The highest BCUT2D eigenvalue weighted by Crippen LogP contribution is 2.37. The number of aryl methyl sites for hydroxylation is 1. The summed E-state index contributed by atoms with van der Waals surface area (Å²) in [5, 5.41) is 10.5. The maximum atomic E-state index is 10.5. The molecular formula is C13H12Br2O2S. The third-order valence-electron chi connectivity index (χ3n) is 2.71. The zero-order chi connectivity index (χ0) is 13.3. The monoisotopic (exact) mass is 390 g/mol. The molecule has 0 aliphatic heterocycles. The van der Waals surface area contributed by atoms with Crippen LogP contribution in [0.5, 0.6) is 5.75 Å². The van der Waals surface area contributed by atoms with Crippen LogP contribution in [0.3, 0.4) is 0 Å². The normalized spacial score (nSPS) is 12.5. The second kappa shape index (κ2) is 5.74. The minimum absolute atomic E-state index is 0.671. The number of methoxy groups -OCH3 is 1. The maximum absolute atomic E-state index is 10.5. The van der Waals surface area contributed by atoms with E-state index in [-0.39, 0.29) is 0 Å². The van der Waals surface area contributed by atoms with Gasteiger partial charge in [0.05, 0.1) is 10.9 Å². The van der Waals surface area contributed by atoms with Gasteiger partial charge in [0.25, 0.3) is 0 Å². The fourth-order valence-corrected chi connectivity index (χ4v) is 3.89.